The minimum absolute atomic E-state index is 1.14. The first-order valence-corrected chi connectivity index (χ1v) is 7.06. The van der Waals surface area contributed by atoms with Crippen LogP contribution in [0.5, 0.6) is 0 Å². The van der Waals surface area contributed by atoms with Crippen LogP contribution in [-0.4, -0.2) is 0 Å². The Morgan fingerprint density at radius 3 is 1.35 bits per heavy atom. The molecule has 0 aliphatic carbocycles. The van der Waals surface area contributed by atoms with E-state index in [1.807, 2.05) is 38.0 Å². The third-order valence-electron chi connectivity index (χ3n) is 2.58. The zero-order chi connectivity index (χ0) is 12.5. The quantitative estimate of drug-likeness (QED) is 0.743. The van der Waals surface area contributed by atoms with Gasteiger partial charge in [0.1, 0.15) is 0 Å². The molecule has 17 heavy (non-hydrogen) atoms. The van der Waals surface area contributed by atoms with Crippen molar-refractivity contribution in [2.45, 2.75) is 26.7 Å². The molecule has 2 rings (SSSR count). The van der Waals surface area contributed by atoms with E-state index >= 15 is 0 Å². The Labute approximate surface area is 116 Å². The summed E-state index contributed by atoms with van der Waals surface area (Å²) in [6, 6.07) is 19.1. The van der Waals surface area contributed by atoms with Crippen LogP contribution in [0.2, 0.25) is 0 Å². The summed E-state index contributed by atoms with van der Waals surface area (Å²) in [6.45, 7) is 4.36. The van der Waals surface area contributed by atoms with Crippen LogP contribution in [-0.2, 0) is 32.7 Å². The second-order valence-corrected chi connectivity index (χ2v) is 5.00. The second-order valence-electron chi connectivity index (χ2n) is 3.84. The van der Waals surface area contributed by atoms with Gasteiger partial charge in [0.2, 0.25) is 0 Å². The van der Waals surface area contributed by atoms with E-state index in [0.29, 0.717) is 0 Å². The van der Waals surface area contributed by atoms with Crippen molar-refractivity contribution >= 4 is 3.95 Å². The molecular formula is C16H19Mo. The van der Waals surface area contributed by atoms with Gasteiger partial charge in [0.25, 0.3) is 0 Å². The molecule has 0 atom stereocenters. The molecule has 0 N–H and O–H groups in total. The summed E-state index contributed by atoms with van der Waals surface area (Å²) in [5.74, 6) is 0. The molecule has 0 aliphatic heterocycles. The van der Waals surface area contributed by atoms with Gasteiger partial charge in [-0.05, 0) is 24.0 Å². The molecule has 0 aliphatic rings. The van der Waals surface area contributed by atoms with Crippen molar-refractivity contribution in [3.05, 3.63) is 65.7 Å². The molecule has 2 aromatic rings. The van der Waals surface area contributed by atoms with Crippen molar-refractivity contribution in [1.82, 2.24) is 0 Å². The normalized spacial score (nSPS) is 9.29. The second kappa shape index (κ2) is 8.25. The van der Waals surface area contributed by atoms with Gasteiger partial charge < -0.3 is 0 Å². The van der Waals surface area contributed by atoms with Gasteiger partial charge in [0.05, 0.1) is 0 Å². The number of hydrogen-bond donors (Lipinski definition) is 0. The standard InChI is InChI=1S/C10H14.C6H5.Mo/c1-3-9-5-7-10(4-2)8-6-9;1-2-4-6-5-3-1;/h5-8H,3-4H2,1-2H3;1-5H;. The predicted octanol–water partition coefficient (Wildman–Crippen LogP) is 3.67. The molecule has 0 unspecified atom stereocenters. The van der Waals surface area contributed by atoms with Crippen molar-refractivity contribution in [3.8, 4) is 0 Å². The fraction of sp³-hybridized carbons (Fsp3) is 0.250. The van der Waals surface area contributed by atoms with Crippen LogP contribution in [0.15, 0.2) is 54.6 Å². The van der Waals surface area contributed by atoms with Crippen molar-refractivity contribution < 1.29 is 19.8 Å². The van der Waals surface area contributed by atoms with E-state index in [4.69, 9.17) is 0 Å². The van der Waals surface area contributed by atoms with Gasteiger partial charge in [0.15, 0.2) is 0 Å². The first kappa shape index (κ1) is 14.2. The molecule has 0 spiro atoms. The van der Waals surface area contributed by atoms with E-state index < -0.39 is 0 Å². The predicted molar refractivity (Wildman–Crippen MR) is 71.3 cm³/mol. The number of rotatable bonds is 2. The molecule has 0 amide bonds. The topological polar surface area (TPSA) is 0 Å². The van der Waals surface area contributed by atoms with Crippen LogP contribution in [0.25, 0.3) is 0 Å². The molecule has 0 saturated carbocycles. The molecule has 0 fully saturated rings. The average molecular weight is 307 g/mol. The SMILES string of the molecule is CCc1ccc(CC)cc1.[Mo][c]1ccccc1. The summed E-state index contributed by atoms with van der Waals surface area (Å²) in [6.07, 6.45) is 2.29. The fourth-order valence-corrected chi connectivity index (χ4v) is 1.82. The summed E-state index contributed by atoms with van der Waals surface area (Å²) < 4.78 is 1.33. The van der Waals surface area contributed by atoms with Crippen molar-refractivity contribution in [2.75, 3.05) is 0 Å². The molecule has 0 aromatic heterocycles. The van der Waals surface area contributed by atoms with Gasteiger partial charge >= 0.3 is 54.1 Å². The summed E-state index contributed by atoms with van der Waals surface area (Å²) in [5, 5.41) is 0. The fourth-order valence-electron chi connectivity index (χ4n) is 1.43. The average Bonchev–Trinajstić information content (AvgIpc) is 2.40. The minimum atomic E-state index is 1.14. The first-order valence-electron chi connectivity index (χ1n) is 6.06. The molecule has 0 saturated heterocycles. The van der Waals surface area contributed by atoms with Crippen molar-refractivity contribution in [2.24, 2.45) is 0 Å². The Balaban J connectivity index is 0.000000181. The first-order chi connectivity index (χ1) is 8.26. The summed E-state index contributed by atoms with van der Waals surface area (Å²) >= 11 is 2.02. The Kier molecular flexibility index (Phi) is 6.89. The van der Waals surface area contributed by atoms with Crippen LogP contribution >= 0.6 is 0 Å². The van der Waals surface area contributed by atoms with Gasteiger partial charge in [-0.3, -0.25) is 0 Å². The van der Waals surface area contributed by atoms with Crippen molar-refractivity contribution in [1.29, 1.82) is 0 Å². The maximum absolute atomic E-state index is 2.21. The van der Waals surface area contributed by atoms with Crippen LogP contribution in [0, 0.1) is 0 Å². The molecule has 0 bridgehead atoms. The zero-order valence-corrected chi connectivity index (χ0v) is 12.5. The molecule has 89 valence electrons. The monoisotopic (exact) mass is 309 g/mol. The van der Waals surface area contributed by atoms with E-state index in [9.17, 15) is 0 Å². The van der Waals surface area contributed by atoms with E-state index in [-0.39, 0.29) is 0 Å². The van der Waals surface area contributed by atoms with E-state index in [1.165, 1.54) is 15.1 Å². The Morgan fingerprint density at radius 2 is 1.12 bits per heavy atom. The third kappa shape index (κ3) is 5.84. The van der Waals surface area contributed by atoms with Crippen LogP contribution in [0.1, 0.15) is 25.0 Å². The van der Waals surface area contributed by atoms with E-state index in [1.54, 1.807) is 0 Å². The molecule has 2 aromatic carbocycles. The van der Waals surface area contributed by atoms with Crippen LogP contribution < -0.4 is 3.95 Å². The van der Waals surface area contributed by atoms with Gasteiger partial charge in [0, 0.05) is 0 Å². The molecule has 0 heterocycles. The maximum atomic E-state index is 2.21. The van der Waals surface area contributed by atoms with Gasteiger partial charge in [-0.25, -0.2) is 0 Å². The summed E-state index contributed by atoms with van der Waals surface area (Å²) in [7, 11) is 0. The number of benzene rings is 2. The summed E-state index contributed by atoms with van der Waals surface area (Å²) in [4.78, 5) is 0. The van der Waals surface area contributed by atoms with Crippen molar-refractivity contribution in [3.63, 3.8) is 0 Å². The molecule has 0 radical (unpaired) electrons. The summed E-state index contributed by atoms with van der Waals surface area (Å²) in [5.41, 5.74) is 2.86. The van der Waals surface area contributed by atoms with Gasteiger partial charge in [-0.15, -0.1) is 0 Å². The van der Waals surface area contributed by atoms with Gasteiger partial charge in [-0.1, -0.05) is 38.1 Å². The van der Waals surface area contributed by atoms with E-state index in [2.05, 4.69) is 50.2 Å². The molecule has 0 nitrogen and oxygen atoms in total. The van der Waals surface area contributed by atoms with E-state index in [0.717, 1.165) is 12.8 Å². The Morgan fingerprint density at radius 1 is 0.706 bits per heavy atom. The third-order valence-corrected chi connectivity index (χ3v) is 3.25. The molecule has 1 heteroatoms. The van der Waals surface area contributed by atoms with Crippen LogP contribution in [0.3, 0.4) is 0 Å². The Hall–Kier alpha value is -0.872. The number of hydrogen-bond acceptors (Lipinski definition) is 0. The van der Waals surface area contributed by atoms with Gasteiger partial charge in [-0.2, -0.15) is 0 Å². The Bertz CT molecular complexity index is 380. The number of aryl methyl sites for hydroxylation is 2. The zero-order valence-electron chi connectivity index (χ0n) is 10.5. The molecular weight excluding hydrogens is 288 g/mol. The van der Waals surface area contributed by atoms with Crippen LogP contribution in [0.4, 0.5) is 0 Å².